The van der Waals surface area contributed by atoms with E-state index in [2.05, 4.69) is 15.3 Å². The van der Waals surface area contributed by atoms with Crippen molar-refractivity contribution in [2.24, 2.45) is 0 Å². The van der Waals surface area contributed by atoms with Gasteiger partial charge in [0.2, 0.25) is 11.8 Å². The summed E-state index contributed by atoms with van der Waals surface area (Å²) in [6.45, 7) is 3.56. The quantitative estimate of drug-likeness (QED) is 0.855. The van der Waals surface area contributed by atoms with Crippen molar-refractivity contribution in [3.05, 3.63) is 11.9 Å². The normalized spacial score (nSPS) is 20.0. The van der Waals surface area contributed by atoms with E-state index in [1.54, 1.807) is 13.2 Å². The number of nitrogens with zero attached hydrogens (tertiary/aromatic N) is 2. The first-order valence-corrected chi connectivity index (χ1v) is 6.04. The molecule has 1 unspecified atom stereocenters. The molecule has 0 bridgehead atoms. The molecule has 0 saturated carbocycles. The first-order chi connectivity index (χ1) is 8.28. The summed E-state index contributed by atoms with van der Waals surface area (Å²) in [6, 6.07) is 2.15. The highest BCUT2D eigenvalue weighted by atomic mass is 16.5. The van der Waals surface area contributed by atoms with Crippen LogP contribution in [0.1, 0.15) is 25.1 Å². The molecule has 1 atom stereocenters. The predicted molar refractivity (Wildman–Crippen MR) is 64.5 cm³/mol. The third kappa shape index (κ3) is 3.56. The van der Waals surface area contributed by atoms with E-state index in [-0.39, 0.29) is 0 Å². The summed E-state index contributed by atoms with van der Waals surface area (Å²) >= 11 is 0. The molecule has 17 heavy (non-hydrogen) atoms. The van der Waals surface area contributed by atoms with E-state index in [1.807, 2.05) is 6.92 Å². The third-order valence-electron chi connectivity index (χ3n) is 2.84. The molecule has 1 aliphatic heterocycles. The van der Waals surface area contributed by atoms with Crippen LogP contribution in [0.4, 0.5) is 0 Å². The van der Waals surface area contributed by atoms with E-state index in [4.69, 9.17) is 9.47 Å². The van der Waals surface area contributed by atoms with Gasteiger partial charge in [-0.3, -0.25) is 0 Å². The minimum atomic E-state index is 0.435. The highest BCUT2D eigenvalue weighted by molar-refractivity contribution is 5.20. The van der Waals surface area contributed by atoms with Gasteiger partial charge in [-0.2, -0.15) is 9.97 Å². The van der Waals surface area contributed by atoms with Crippen molar-refractivity contribution in [3.8, 4) is 11.8 Å². The second-order valence-electron chi connectivity index (χ2n) is 4.25. The third-order valence-corrected chi connectivity index (χ3v) is 2.84. The zero-order valence-electron chi connectivity index (χ0n) is 10.4. The van der Waals surface area contributed by atoms with Crippen LogP contribution in [-0.4, -0.2) is 36.3 Å². The van der Waals surface area contributed by atoms with Crippen LogP contribution in [0.3, 0.4) is 0 Å². The predicted octanol–water partition coefficient (Wildman–Crippen LogP) is 1.31. The Balaban J connectivity index is 1.91. The Morgan fingerprint density at radius 1 is 1.35 bits per heavy atom. The Morgan fingerprint density at radius 2 is 2.18 bits per heavy atom. The molecule has 94 valence electrons. The number of hydrogen-bond acceptors (Lipinski definition) is 5. The van der Waals surface area contributed by atoms with Crippen LogP contribution in [0.25, 0.3) is 0 Å². The number of rotatable bonds is 4. The number of nitrogens with one attached hydrogen (secondary N) is 1. The van der Waals surface area contributed by atoms with Crippen molar-refractivity contribution in [2.75, 3.05) is 20.3 Å². The summed E-state index contributed by atoms with van der Waals surface area (Å²) in [5.74, 6) is 1.79. The Hall–Kier alpha value is -1.36. The van der Waals surface area contributed by atoms with Gasteiger partial charge in [-0.25, -0.2) is 0 Å². The molecule has 0 aromatic carbocycles. The zero-order chi connectivity index (χ0) is 12.1. The van der Waals surface area contributed by atoms with Crippen molar-refractivity contribution < 1.29 is 9.47 Å². The molecule has 0 amide bonds. The van der Waals surface area contributed by atoms with Crippen LogP contribution in [0.15, 0.2) is 6.07 Å². The second kappa shape index (κ2) is 5.82. The lowest BCUT2D eigenvalue weighted by Crippen LogP contribution is -2.38. The van der Waals surface area contributed by atoms with E-state index >= 15 is 0 Å². The number of aromatic nitrogens is 2. The van der Waals surface area contributed by atoms with Crippen molar-refractivity contribution >= 4 is 0 Å². The molecule has 1 N–H and O–H groups in total. The molecule has 2 rings (SSSR count). The smallest absolute Gasteiger partial charge is 0.220 e. The van der Waals surface area contributed by atoms with Gasteiger partial charge in [0.05, 0.1) is 13.2 Å². The van der Waals surface area contributed by atoms with Gasteiger partial charge in [0.25, 0.3) is 0 Å². The van der Waals surface area contributed by atoms with E-state index in [1.165, 1.54) is 19.3 Å². The highest BCUT2D eigenvalue weighted by Gasteiger charge is 2.13. The molecule has 0 radical (unpaired) electrons. The molecule has 1 saturated heterocycles. The van der Waals surface area contributed by atoms with E-state index in [0.717, 1.165) is 6.54 Å². The maximum absolute atomic E-state index is 5.68. The summed E-state index contributed by atoms with van der Waals surface area (Å²) < 4.78 is 10.8. The highest BCUT2D eigenvalue weighted by Crippen LogP contribution is 2.16. The Labute approximate surface area is 102 Å². The molecule has 0 aliphatic carbocycles. The lowest BCUT2D eigenvalue weighted by Gasteiger charge is -2.23. The van der Waals surface area contributed by atoms with Crippen LogP contribution in [0.2, 0.25) is 0 Å². The number of methoxy groups -OCH3 is 1. The van der Waals surface area contributed by atoms with Gasteiger partial charge in [-0.15, -0.1) is 0 Å². The van der Waals surface area contributed by atoms with Crippen molar-refractivity contribution in [3.63, 3.8) is 0 Å². The van der Waals surface area contributed by atoms with Crippen LogP contribution in [-0.2, 0) is 0 Å². The molecular formula is C12H19N3O2. The van der Waals surface area contributed by atoms with E-state index in [0.29, 0.717) is 30.2 Å². The van der Waals surface area contributed by atoms with Gasteiger partial charge in [0.1, 0.15) is 12.4 Å². The molecule has 1 aliphatic rings. The first-order valence-electron chi connectivity index (χ1n) is 6.04. The van der Waals surface area contributed by atoms with Crippen LogP contribution >= 0.6 is 0 Å². The standard InChI is InChI=1S/C12H19N3O2/c1-9-14-11(16-2)7-12(15-9)17-8-10-5-3-4-6-13-10/h7,10,13H,3-6,8H2,1-2H3. The van der Waals surface area contributed by atoms with Gasteiger partial charge in [0, 0.05) is 6.04 Å². The maximum atomic E-state index is 5.68. The second-order valence-corrected chi connectivity index (χ2v) is 4.25. The Morgan fingerprint density at radius 3 is 2.88 bits per heavy atom. The number of piperidine rings is 1. The van der Waals surface area contributed by atoms with Crippen LogP contribution < -0.4 is 14.8 Å². The first kappa shape index (κ1) is 12.1. The van der Waals surface area contributed by atoms with Gasteiger partial charge in [0.15, 0.2) is 0 Å². The molecule has 1 aromatic rings. The molecule has 2 heterocycles. The average molecular weight is 237 g/mol. The maximum Gasteiger partial charge on any atom is 0.220 e. The number of ether oxygens (including phenoxy) is 2. The van der Waals surface area contributed by atoms with Crippen molar-refractivity contribution in [1.29, 1.82) is 0 Å². The van der Waals surface area contributed by atoms with Gasteiger partial charge in [-0.1, -0.05) is 6.42 Å². The molecular weight excluding hydrogens is 218 g/mol. The molecule has 1 aromatic heterocycles. The topological polar surface area (TPSA) is 56.3 Å². The number of aryl methyl sites for hydroxylation is 1. The van der Waals surface area contributed by atoms with E-state index in [9.17, 15) is 0 Å². The lowest BCUT2D eigenvalue weighted by molar-refractivity contribution is 0.230. The molecule has 1 fully saturated rings. The molecule has 5 heteroatoms. The summed E-state index contributed by atoms with van der Waals surface area (Å²) in [7, 11) is 1.59. The fraction of sp³-hybridized carbons (Fsp3) is 0.667. The fourth-order valence-corrected chi connectivity index (χ4v) is 1.94. The van der Waals surface area contributed by atoms with Gasteiger partial charge in [-0.05, 0) is 26.3 Å². The zero-order valence-corrected chi connectivity index (χ0v) is 10.4. The Bertz CT molecular complexity index is 365. The average Bonchev–Trinajstić information content (AvgIpc) is 2.37. The summed E-state index contributed by atoms with van der Waals surface area (Å²) in [5.41, 5.74) is 0. The lowest BCUT2D eigenvalue weighted by atomic mass is 10.1. The van der Waals surface area contributed by atoms with Gasteiger partial charge >= 0.3 is 0 Å². The number of hydrogen-bond donors (Lipinski definition) is 1. The summed E-state index contributed by atoms with van der Waals surface area (Å²) in [6.07, 6.45) is 3.70. The monoisotopic (exact) mass is 237 g/mol. The van der Waals surface area contributed by atoms with Gasteiger partial charge < -0.3 is 14.8 Å². The minimum absolute atomic E-state index is 0.435. The summed E-state index contributed by atoms with van der Waals surface area (Å²) in [5, 5.41) is 3.43. The Kier molecular flexibility index (Phi) is 4.14. The summed E-state index contributed by atoms with van der Waals surface area (Å²) in [4.78, 5) is 8.34. The SMILES string of the molecule is COc1cc(OCC2CCCCN2)nc(C)n1. The molecule has 5 nitrogen and oxygen atoms in total. The molecule has 0 spiro atoms. The van der Waals surface area contributed by atoms with E-state index < -0.39 is 0 Å². The van der Waals surface area contributed by atoms with Crippen LogP contribution in [0.5, 0.6) is 11.8 Å². The fourth-order valence-electron chi connectivity index (χ4n) is 1.94. The minimum Gasteiger partial charge on any atom is -0.481 e. The van der Waals surface area contributed by atoms with Crippen molar-refractivity contribution in [2.45, 2.75) is 32.2 Å². The van der Waals surface area contributed by atoms with Crippen LogP contribution in [0, 0.1) is 6.92 Å². The van der Waals surface area contributed by atoms with Crippen molar-refractivity contribution in [1.82, 2.24) is 15.3 Å². The largest absolute Gasteiger partial charge is 0.481 e.